The van der Waals surface area contributed by atoms with Crippen molar-refractivity contribution in [2.45, 2.75) is 50.9 Å². The summed E-state index contributed by atoms with van der Waals surface area (Å²) in [6.45, 7) is 1.73. The molecule has 1 aliphatic carbocycles. The predicted molar refractivity (Wildman–Crippen MR) is 82.5 cm³/mol. The number of nitrogens with one attached hydrogen (secondary N) is 1. The molecule has 0 heterocycles. The van der Waals surface area contributed by atoms with Gasteiger partial charge in [0.15, 0.2) is 0 Å². The summed E-state index contributed by atoms with van der Waals surface area (Å²) in [5.41, 5.74) is 2.14. The Hall–Kier alpha value is -2.28. The molecule has 23 heavy (non-hydrogen) atoms. The van der Waals surface area contributed by atoms with Crippen molar-refractivity contribution in [2.75, 3.05) is 0 Å². The molecule has 7 nitrogen and oxygen atoms in total. The highest BCUT2D eigenvalue weighted by molar-refractivity contribution is 5.73. The molecule has 1 saturated carbocycles. The summed E-state index contributed by atoms with van der Waals surface area (Å²) in [5, 5.41) is 20.2. The third-order valence-electron chi connectivity index (χ3n) is 3.92. The third kappa shape index (κ3) is 5.14. The van der Waals surface area contributed by atoms with E-state index in [1.807, 2.05) is 18.2 Å². The highest BCUT2D eigenvalue weighted by Gasteiger charge is 2.36. The van der Waals surface area contributed by atoms with Crippen LogP contribution in [0.3, 0.4) is 0 Å². The topological polar surface area (TPSA) is 99.1 Å². The first-order valence-corrected chi connectivity index (χ1v) is 7.59. The Kier molecular flexibility index (Phi) is 5.44. The van der Waals surface area contributed by atoms with E-state index in [-0.39, 0.29) is 13.0 Å². The number of nitrogens with zero attached hydrogens (tertiary/aromatic N) is 1. The first kappa shape index (κ1) is 17.1. The van der Waals surface area contributed by atoms with Crippen LogP contribution in [0.25, 0.3) is 0 Å². The number of carbonyl (C=O) groups is 2. The molecule has 1 fully saturated rings. The van der Waals surface area contributed by atoms with Gasteiger partial charge in [-0.15, -0.1) is 0 Å². The van der Waals surface area contributed by atoms with Gasteiger partial charge in [-0.1, -0.05) is 30.3 Å². The van der Waals surface area contributed by atoms with E-state index in [2.05, 4.69) is 5.43 Å². The van der Waals surface area contributed by atoms with Crippen LogP contribution in [0.4, 0.5) is 9.59 Å². The smallest absolute Gasteiger partial charge is 0.426 e. The average Bonchev–Trinajstić information content (AvgIpc) is 2.50. The van der Waals surface area contributed by atoms with Crippen LogP contribution in [-0.4, -0.2) is 39.1 Å². The van der Waals surface area contributed by atoms with Crippen LogP contribution in [-0.2, 0) is 11.3 Å². The van der Waals surface area contributed by atoms with Gasteiger partial charge in [-0.3, -0.25) is 0 Å². The minimum Gasteiger partial charge on any atom is -0.464 e. The molecule has 2 rings (SSSR count). The van der Waals surface area contributed by atoms with Crippen molar-refractivity contribution >= 4 is 12.2 Å². The fourth-order valence-corrected chi connectivity index (χ4v) is 2.80. The highest BCUT2D eigenvalue weighted by Crippen LogP contribution is 2.30. The lowest BCUT2D eigenvalue weighted by atomic mass is 9.83. The van der Waals surface area contributed by atoms with Crippen LogP contribution < -0.4 is 5.43 Å². The van der Waals surface area contributed by atoms with E-state index in [9.17, 15) is 19.8 Å². The second-order valence-corrected chi connectivity index (χ2v) is 6.07. The van der Waals surface area contributed by atoms with Crippen molar-refractivity contribution in [3.63, 3.8) is 0 Å². The predicted octanol–water partition coefficient (Wildman–Crippen LogP) is 2.50. The molecule has 3 N–H and O–H groups in total. The summed E-state index contributed by atoms with van der Waals surface area (Å²) in [5.74, 6) is 0. The van der Waals surface area contributed by atoms with Crippen molar-refractivity contribution < 1.29 is 24.5 Å². The van der Waals surface area contributed by atoms with Gasteiger partial charge in [0.25, 0.3) is 0 Å². The monoisotopic (exact) mass is 322 g/mol. The van der Waals surface area contributed by atoms with Crippen LogP contribution in [0.5, 0.6) is 0 Å². The minimum atomic E-state index is -1.27. The second-order valence-electron chi connectivity index (χ2n) is 6.07. The number of carboxylic acid groups (broad SMARTS) is 1. The van der Waals surface area contributed by atoms with E-state index in [0.29, 0.717) is 19.3 Å². The number of benzene rings is 1. The molecule has 1 aromatic rings. The molecule has 2 amide bonds. The van der Waals surface area contributed by atoms with Gasteiger partial charge in [0, 0.05) is 0 Å². The quantitative estimate of drug-likeness (QED) is 0.743. The number of hydrazine groups is 1. The van der Waals surface area contributed by atoms with Gasteiger partial charge in [-0.2, -0.15) is 0 Å². The molecule has 0 aromatic heterocycles. The van der Waals surface area contributed by atoms with E-state index in [4.69, 9.17) is 4.74 Å². The number of hydrogen-bond donors (Lipinski definition) is 3. The summed E-state index contributed by atoms with van der Waals surface area (Å²) in [6, 6.07) is 8.64. The summed E-state index contributed by atoms with van der Waals surface area (Å²) in [7, 11) is 0. The lowest BCUT2D eigenvalue weighted by Crippen LogP contribution is -2.54. The zero-order chi connectivity index (χ0) is 16.9. The number of rotatable bonds is 3. The van der Waals surface area contributed by atoms with E-state index in [1.165, 1.54) is 0 Å². The maximum absolute atomic E-state index is 11.8. The maximum atomic E-state index is 11.8. The third-order valence-corrected chi connectivity index (χ3v) is 3.92. The molecule has 2 unspecified atom stereocenters. The first-order valence-electron chi connectivity index (χ1n) is 7.59. The van der Waals surface area contributed by atoms with Gasteiger partial charge >= 0.3 is 12.2 Å². The zero-order valence-corrected chi connectivity index (χ0v) is 13.1. The molecule has 0 radical (unpaired) electrons. The first-order chi connectivity index (χ1) is 10.9. The fraction of sp³-hybridized carbons (Fsp3) is 0.500. The molecular weight excluding hydrogens is 300 g/mol. The number of amides is 2. The highest BCUT2D eigenvalue weighted by atomic mass is 16.6. The summed E-state index contributed by atoms with van der Waals surface area (Å²) in [6.07, 6.45) is 0.0721. The summed E-state index contributed by atoms with van der Waals surface area (Å²) < 4.78 is 5.03. The Balaban J connectivity index is 1.91. The molecule has 7 heteroatoms. The second kappa shape index (κ2) is 7.32. The van der Waals surface area contributed by atoms with Gasteiger partial charge in [0.05, 0.1) is 11.6 Å². The number of hydrogen-bond acceptors (Lipinski definition) is 4. The lowest BCUT2D eigenvalue weighted by Gasteiger charge is -2.38. The SMILES string of the molecule is CC1(O)CCCC(N(NC(=O)OCc2ccccc2)C(=O)O)C1. The van der Waals surface area contributed by atoms with Gasteiger partial charge in [0.1, 0.15) is 6.61 Å². The van der Waals surface area contributed by atoms with E-state index in [1.54, 1.807) is 19.1 Å². The molecule has 1 aromatic carbocycles. The molecule has 126 valence electrons. The lowest BCUT2D eigenvalue weighted by molar-refractivity contribution is -0.0233. The Morgan fingerprint density at radius 1 is 1.39 bits per heavy atom. The summed E-state index contributed by atoms with van der Waals surface area (Å²) in [4.78, 5) is 23.2. The van der Waals surface area contributed by atoms with Crippen molar-refractivity contribution in [3.8, 4) is 0 Å². The minimum absolute atomic E-state index is 0.0580. The van der Waals surface area contributed by atoms with Gasteiger partial charge < -0.3 is 14.9 Å². The molecule has 0 bridgehead atoms. The van der Waals surface area contributed by atoms with Crippen molar-refractivity contribution in [3.05, 3.63) is 35.9 Å². The number of ether oxygens (including phenoxy) is 1. The van der Waals surface area contributed by atoms with E-state index in [0.717, 1.165) is 10.6 Å². The van der Waals surface area contributed by atoms with Crippen molar-refractivity contribution in [2.24, 2.45) is 0 Å². The van der Waals surface area contributed by atoms with Crippen LogP contribution in [0.15, 0.2) is 30.3 Å². The van der Waals surface area contributed by atoms with Crippen molar-refractivity contribution in [1.82, 2.24) is 10.4 Å². The summed E-state index contributed by atoms with van der Waals surface area (Å²) >= 11 is 0. The van der Waals surface area contributed by atoms with Gasteiger partial charge in [-0.05, 0) is 38.2 Å². The number of carbonyl (C=O) groups excluding carboxylic acids is 1. The molecule has 0 spiro atoms. The standard InChI is InChI=1S/C16H22N2O5/c1-16(22)9-5-8-13(10-16)18(15(20)21)17-14(19)23-11-12-6-3-2-4-7-12/h2-4,6-7,13,22H,5,8-11H2,1H3,(H,17,19)(H,20,21). The average molecular weight is 322 g/mol. The Morgan fingerprint density at radius 3 is 2.70 bits per heavy atom. The van der Waals surface area contributed by atoms with Crippen LogP contribution >= 0.6 is 0 Å². The van der Waals surface area contributed by atoms with E-state index >= 15 is 0 Å². The molecular formula is C16H22N2O5. The normalized spacial score (nSPS) is 23.8. The van der Waals surface area contributed by atoms with Gasteiger partial charge in [-0.25, -0.2) is 20.0 Å². The Labute approximate surface area is 134 Å². The van der Waals surface area contributed by atoms with Gasteiger partial charge in [0.2, 0.25) is 0 Å². The maximum Gasteiger partial charge on any atom is 0.426 e. The molecule has 0 aliphatic heterocycles. The van der Waals surface area contributed by atoms with Crippen molar-refractivity contribution in [1.29, 1.82) is 0 Å². The fourth-order valence-electron chi connectivity index (χ4n) is 2.80. The molecule has 1 aliphatic rings. The van der Waals surface area contributed by atoms with Crippen LogP contribution in [0.1, 0.15) is 38.2 Å². The zero-order valence-electron chi connectivity index (χ0n) is 13.1. The largest absolute Gasteiger partial charge is 0.464 e. The van der Waals surface area contributed by atoms with Crippen LogP contribution in [0.2, 0.25) is 0 Å². The molecule has 0 saturated heterocycles. The number of aliphatic hydroxyl groups is 1. The van der Waals surface area contributed by atoms with E-state index < -0.39 is 23.8 Å². The Bertz CT molecular complexity index is 547. The molecule has 2 atom stereocenters. The Morgan fingerprint density at radius 2 is 2.09 bits per heavy atom. The van der Waals surface area contributed by atoms with Crippen LogP contribution in [0, 0.1) is 0 Å².